The van der Waals surface area contributed by atoms with Crippen LogP contribution in [0.4, 0.5) is 0 Å². The van der Waals surface area contributed by atoms with Crippen LogP contribution in [-0.4, -0.2) is 12.3 Å². The SMILES string of the molecule is CCCCCCC[CH2][Ga]([Br])[Br]. The summed E-state index contributed by atoms with van der Waals surface area (Å²) in [5.74, 6) is 0. The van der Waals surface area contributed by atoms with Gasteiger partial charge in [-0.25, -0.2) is 0 Å². The van der Waals surface area contributed by atoms with Crippen LogP contribution in [0.3, 0.4) is 0 Å². The second kappa shape index (κ2) is 9.68. The Kier molecular flexibility index (Phi) is 11.1. The second-order valence-corrected chi connectivity index (χ2v) is 23.7. The Morgan fingerprint density at radius 2 is 1.45 bits per heavy atom. The first-order valence-electron chi connectivity index (χ1n) is 4.55. The zero-order valence-corrected chi connectivity index (χ0v) is 12.9. The van der Waals surface area contributed by atoms with E-state index in [0.29, 0.717) is 0 Å². The molecule has 0 aromatic heterocycles. The Morgan fingerprint density at radius 3 is 2.00 bits per heavy atom. The summed E-state index contributed by atoms with van der Waals surface area (Å²) in [7, 11) is 0. The van der Waals surface area contributed by atoms with Gasteiger partial charge in [0.25, 0.3) is 0 Å². The molecule has 0 unspecified atom stereocenters. The van der Waals surface area contributed by atoms with Crippen molar-refractivity contribution in [1.29, 1.82) is 0 Å². The zero-order chi connectivity index (χ0) is 8.53. The summed E-state index contributed by atoms with van der Waals surface area (Å²) in [6, 6.07) is 0. The Morgan fingerprint density at radius 1 is 0.909 bits per heavy atom. The van der Waals surface area contributed by atoms with Crippen molar-refractivity contribution in [3.63, 3.8) is 0 Å². The molecule has 0 spiro atoms. The van der Waals surface area contributed by atoms with Crippen molar-refractivity contribution < 1.29 is 0 Å². The number of unbranched alkanes of at least 4 members (excludes halogenated alkanes) is 5. The third kappa shape index (κ3) is 11.6. The van der Waals surface area contributed by atoms with Crippen molar-refractivity contribution in [3.05, 3.63) is 0 Å². The minimum atomic E-state index is -1.00. The van der Waals surface area contributed by atoms with E-state index in [4.69, 9.17) is 0 Å². The molecule has 11 heavy (non-hydrogen) atoms. The van der Waals surface area contributed by atoms with Crippen molar-refractivity contribution in [2.75, 3.05) is 0 Å². The molecular formula is C8H17Br2Ga. The molecule has 0 aromatic rings. The molecule has 0 saturated heterocycles. The van der Waals surface area contributed by atoms with Gasteiger partial charge in [0.1, 0.15) is 0 Å². The van der Waals surface area contributed by atoms with Crippen LogP contribution >= 0.6 is 27.1 Å². The van der Waals surface area contributed by atoms with Crippen LogP contribution < -0.4 is 0 Å². The molecule has 0 amide bonds. The zero-order valence-electron chi connectivity index (χ0n) is 7.28. The van der Waals surface area contributed by atoms with Gasteiger partial charge in [0, 0.05) is 0 Å². The first-order chi connectivity index (χ1) is 5.27. The van der Waals surface area contributed by atoms with Crippen molar-refractivity contribution in [1.82, 2.24) is 0 Å². The quantitative estimate of drug-likeness (QED) is 0.467. The predicted molar refractivity (Wildman–Crippen MR) is 61.8 cm³/mol. The topological polar surface area (TPSA) is 0 Å². The molecule has 0 rings (SSSR count). The molecule has 0 aromatic carbocycles. The van der Waals surface area contributed by atoms with E-state index >= 15 is 0 Å². The van der Waals surface area contributed by atoms with E-state index in [2.05, 4.69) is 34.0 Å². The molecular weight excluding hydrogens is 326 g/mol. The average Bonchev–Trinajstić information content (AvgIpc) is 1.96. The molecule has 0 radical (unpaired) electrons. The molecule has 0 nitrogen and oxygen atoms in total. The Hall–Kier alpha value is 1.60. The first-order valence-corrected chi connectivity index (χ1v) is 17.6. The van der Waals surface area contributed by atoms with Gasteiger partial charge in [-0.3, -0.25) is 0 Å². The second-order valence-electron chi connectivity index (χ2n) is 2.95. The molecule has 0 N–H and O–H groups in total. The maximum atomic E-state index is 3.66. The van der Waals surface area contributed by atoms with Gasteiger partial charge in [0.2, 0.25) is 0 Å². The Labute approximate surface area is 89.2 Å². The number of halogens is 2. The van der Waals surface area contributed by atoms with Crippen LogP contribution in [0.5, 0.6) is 0 Å². The van der Waals surface area contributed by atoms with Gasteiger partial charge in [-0.15, -0.1) is 0 Å². The predicted octanol–water partition coefficient (Wildman–Crippen LogP) is 4.62. The molecule has 0 aliphatic rings. The van der Waals surface area contributed by atoms with Gasteiger partial charge in [-0.05, 0) is 0 Å². The van der Waals surface area contributed by atoms with Crippen LogP contribution in [0.2, 0.25) is 4.98 Å². The normalized spacial score (nSPS) is 10.1. The molecule has 3 heteroatoms. The maximum absolute atomic E-state index is 3.66. The molecule has 0 atom stereocenters. The fraction of sp³-hybridized carbons (Fsp3) is 1.00. The summed E-state index contributed by atoms with van der Waals surface area (Å²) < 4.78 is 0. The van der Waals surface area contributed by atoms with Crippen LogP contribution in [0.15, 0.2) is 0 Å². The van der Waals surface area contributed by atoms with Gasteiger partial charge in [-0.2, -0.15) is 0 Å². The van der Waals surface area contributed by atoms with Crippen molar-refractivity contribution in [2.24, 2.45) is 0 Å². The monoisotopic (exact) mass is 340 g/mol. The summed E-state index contributed by atoms with van der Waals surface area (Å²) >= 11 is 6.32. The van der Waals surface area contributed by atoms with Crippen LogP contribution in [-0.2, 0) is 0 Å². The molecule has 0 saturated carbocycles. The van der Waals surface area contributed by atoms with E-state index in [1.54, 1.807) is 0 Å². The summed E-state index contributed by atoms with van der Waals surface area (Å²) in [4.78, 5) is 1.44. The summed E-state index contributed by atoms with van der Waals surface area (Å²) in [5.41, 5.74) is 0. The van der Waals surface area contributed by atoms with E-state index in [0.717, 1.165) is 0 Å². The fourth-order valence-electron chi connectivity index (χ4n) is 1.08. The third-order valence-electron chi connectivity index (χ3n) is 1.78. The fourth-order valence-corrected chi connectivity index (χ4v) is 5.70. The minimum absolute atomic E-state index is 1.00. The molecule has 0 aliphatic heterocycles. The van der Waals surface area contributed by atoms with Crippen molar-refractivity contribution in [3.8, 4) is 0 Å². The molecule has 0 aliphatic carbocycles. The summed E-state index contributed by atoms with van der Waals surface area (Å²) in [6.07, 6.45) is 8.55. The summed E-state index contributed by atoms with van der Waals surface area (Å²) in [5, 5.41) is 0. The number of hydrogen-bond donors (Lipinski definition) is 0. The van der Waals surface area contributed by atoms with Crippen molar-refractivity contribution in [2.45, 2.75) is 50.4 Å². The standard InChI is InChI=1S/C8H17.2BrH.Ga/c1-3-5-7-8-6-4-2;;;/h1,3-8H2,2H3;2*1H;/q;;;+2/p-2. The average molecular weight is 343 g/mol. The summed E-state index contributed by atoms with van der Waals surface area (Å²) in [6.45, 7) is 2.27. The first kappa shape index (κ1) is 12.6. The van der Waals surface area contributed by atoms with E-state index in [9.17, 15) is 0 Å². The van der Waals surface area contributed by atoms with Gasteiger partial charge >= 0.3 is 89.8 Å². The van der Waals surface area contributed by atoms with Gasteiger partial charge < -0.3 is 0 Å². The Bertz CT molecular complexity index is 76.5. The van der Waals surface area contributed by atoms with Gasteiger partial charge in [0.05, 0.1) is 0 Å². The molecule has 0 fully saturated rings. The van der Waals surface area contributed by atoms with E-state index < -0.39 is 12.3 Å². The third-order valence-corrected chi connectivity index (χ3v) is 8.31. The number of hydrogen-bond acceptors (Lipinski definition) is 0. The Balaban J connectivity index is 2.80. The molecule has 0 heterocycles. The van der Waals surface area contributed by atoms with Crippen LogP contribution in [0.25, 0.3) is 0 Å². The number of rotatable bonds is 7. The molecule has 66 valence electrons. The molecule has 0 bridgehead atoms. The van der Waals surface area contributed by atoms with E-state index in [-0.39, 0.29) is 0 Å². The van der Waals surface area contributed by atoms with Crippen LogP contribution in [0.1, 0.15) is 45.4 Å². The van der Waals surface area contributed by atoms with Crippen molar-refractivity contribution >= 4 is 39.4 Å². The van der Waals surface area contributed by atoms with Crippen LogP contribution in [0, 0.1) is 0 Å². The van der Waals surface area contributed by atoms with Gasteiger partial charge in [0.15, 0.2) is 0 Å². The van der Waals surface area contributed by atoms with Gasteiger partial charge in [-0.1, -0.05) is 0 Å². The van der Waals surface area contributed by atoms with E-state index in [1.165, 1.54) is 43.5 Å². The van der Waals surface area contributed by atoms with E-state index in [1.807, 2.05) is 0 Å².